The van der Waals surface area contributed by atoms with E-state index < -0.39 is 34.1 Å². The van der Waals surface area contributed by atoms with Crippen LogP contribution < -0.4 is 10.9 Å². The van der Waals surface area contributed by atoms with Gasteiger partial charge in [0.2, 0.25) is 10.0 Å². The first-order chi connectivity index (χ1) is 15.7. The number of sulfonamides is 1. The number of fused-ring (bicyclic) bond motifs is 1. The van der Waals surface area contributed by atoms with Crippen LogP contribution in [0.15, 0.2) is 62.6 Å². The molecule has 1 heterocycles. The summed E-state index contributed by atoms with van der Waals surface area (Å²) in [4.78, 5) is 36.6. The predicted octanol–water partition coefficient (Wildman–Crippen LogP) is 3.27. The van der Waals surface area contributed by atoms with Gasteiger partial charge in [-0.05, 0) is 30.3 Å². The largest absolute Gasteiger partial charge is 0.452 e. The standard InChI is InChI=1S/C22H21ClN2O7S/c1-3-25(4-2)33(29,30)15-9-10-17(23)18(12-15)24-20(26)13-31-21(27)16-11-14-7-5-6-8-19(14)32-22(16)28/h5-12H,3-4,13H2,1-2H3,(H,24,26). The summed E-state index contributed by atoms with van der Waals surface area (Å²) in [5.41, 5.74) is -0.898. The average molecular weight is 493 g/mol. The topological polar surface area (TPSA) is 123 Å². The van der Waals surface area contributed by atoms with Gasteiger partial charge in [0, 0.05) is 18.5 Å². The Morgan fingerprint density at radius 2 is 1.79 bits per heavy atom. The van der Waals surface area contributed by atoms with E-state index in [2.05, 4.69) is 5.32 Å². The molecule has 0 aliphatic carbocycles. The van der Waals surface area contributed by atoms with E-state index in [-0.39, 0.29) is 34.3 Å². The molecule has 3 rings (SSSR count). The fraction of sp³-hybridized carbons (Fsp3) is 0.227. The van der Waals surface area contributed by atoms with E-state index in [0.717, 1.165) is 0 Å². The minimum absolute atomic E-state index is 0.0381. The van der Waals surface area contributed by atoms with Gasteiger partial charge in [-0.25, -0.2) is 18.0 Å². The highest BCUT2D eigenvalue weighted by Gasteiger charge is 2.23. The van der Waals surface area contributed by atoms with Crippen molar-refractivity contribution in [3.8, 4) is 0 Å². The van der Waals surface area contributed by atoms with Crippen LogP contribution in [0.25, 0.3) is 11.0 Å². The number of carbonyl (C=O) groups excluding carboxylic acids is 2. The van der Waals surface area contributed by atoms with Gasteiger partial charge < -0.3 is 14.5 Å². The molecule has 0 aliphatic rings. The summed E-state index contributed by atoms with van der Waals surface area (Å²) < 4.78 is 36.7. The van der Waals surface area contributed by atoms with Crippen molar-refractivity contribution in [2.75, 3.05) is 25.0 Å². The summed E-state index contributed by atoms with van der Waals surface area (Å²) in [6.45, 7) is 3.26. The highest BCUT2D eigenvalue weighted by atomic mass is 35.5. The maximum Gasteiger partial charge on any atom is 0.351 e. The summed E-state index contributed by atoms with van der Waals surface area (Å²) in [5, 5.41) is 3.04. The number of carbonyl (C=O) groups is 2. The second-order valence-electron chi connectivity index (χ2n) is 6.84. The summed E-state index contributed by atoms with van der Waals surface area (Å²) in [6, 6.07) is 11.9. The van der Waals surface area contributed by atoms with Crippen molar-refractivity contribution in [1.82, 2.24) is 4.31 Å². The number of nitrogens with zero attached hydrogens (tertiary/aromatic N) is 1. The van der Waals surface area contributed by atoms with Crippen LogP contribution in [0, 0.1) is 0 Å². The first-order valence-electron chi connectivity index (χ1n) is 9.97. The zero-order valence-corrected chi connectivity index (χ0v) is 19.4. The first-order valence-corrected chi connectivity index (χ1v) is 11.8. The molecule has 1 amide bonds. The van der Waals surface area contributed by atoms with E-state index in [9.17, 15) is 22.8 Å². The number of rotatable bonds is 8. The van der Waals surface area contributed by atoms with E-state index in [1.54, 1.807) is 38.1 Å². The lowest BCUT2D eigenvalue weighted by molar-refractivity contribution is -0.119. The van der Waals surface area contributed by atoms with Gasteiger partial charge in [-0.2, -0.15) is 4.31 Å². The van der Waals surface area contributed by atoms with Crippen molar-refractivity contribution in [1.29, 1.82) is 0 Å². The number of amides is 1. The fourth-order valence-corrected chi connectivity index (χ4v) is 4.72. The minimum Gasteiger partial charge on any atom is -0.452 e. The number of hydrogen-bond donors (Lipinski definition) is 1. The number of esters is 1. The highest BCUT2D eigenvalue weighted by Crippen LogP contribution is 2.27. The zero-order chi connectivity index (χ0) is 24.2. The van der Waals surface area contributed by atoms with Gasteiger partial charge in [-0.3, -0.25) is 4.79 Å². The van der Waals surface area contributed by atoms with E-state index in [1.165, 1.54) is 28.6 Å². The maximum absolute atomic E-state index is 12.7. The van der Waals surface area contributed by atoms with Gasteiger partial charge in [0.1, 0.15) is 11.1 Å². The number of ether oxygens (including phenoxy) is 1. The summed E-state index contributed by atoms with van der Waals surface area (Å²) in [5.74, 6) is -1.80. The molecule has 0 aliphatic heterocycles. The van der Waals surface area contributed by atoms with Crippen LogP contribution in [-0.4, -0.2) is 44.3 Å². The molecule has 2 aromatic carbocycles. The molecule has 11 heteroatoms. The number of anilines is 1. The molecule has 1 aromatic heterocycles. The molecule has 0 atom stereocenters. The van der Waals surface area contributed by atoms with Crippen LogP contribution in [0.2, 0.25) is 5.02 Å². The van der Waals surface area contributed by atoms with Crippen LogP contribution in [0.1, 0.15) is 24.2 Å². The minimum atomic E-state index is -3.77. The molecule has 1 N–H and O–H groups in total. The monoisotopic (exact) mass is 492 g/mol. The van der Waals surface area contributed by atoms with Crippen LogP contribution in [0.3, 0.4) is 0 Å². The van der Waals surface area contributed by atoms with Crippen molar-refractivity contribution < 1.29 is 27.2 Å². The van der Waals surface area contributed by atoms with Crippen LogP contribution in [0.5, 0.6) is 0 Å². The number of hydrogen-bond acceptors (Lipinski definition) is 7. The molecule has 0 fully saturated rings. The second kappa shape index (κ2) is 10.2. The van der Waals surface area contributed by atoms with E-state index in [4.69, 9.17) is 20.8 Å². The smallest absolute Gasteiger partial charge is 0.351 e. The average Bonchev–Trinajstić information content (AvgIpc) is 2.79. The summed E-state index contributed by atoms with van der Waals surface area (Å²) in [7, 11) is -3.77. The zero-order valence-electron chi connectivity index (χ0n) is 17.8. The van der Waals surface area contributed by atoms with E-state index >= 15 is 0 Å². The molecule has 0 spiro atoms. The Morgan fingerprint density at radius 3 is 2.48 bits per heavy atom. The third-order valence-corrected chi connectivity index (χ3v) is 7.13. The molecular weight excluding hydrogens is 472 g/mol. The molecule has 0 saturated heterocycles. The predicted molar refractivity (Wildman–Crippen MR) is 123 cm³/mol. The normalized spacial score (nSPS) is 11.5. The van der Waals surface area contributed by atoms with Crippen molar-refractivity contribution in [3.05, 3.63) is 69.5 Å². The molecular formula is C22H21ClN2O7S. The van der Waals surface area contributed by atoms with Crippen LogP contribution in [-0.2, 0) is 19.6 Å². The van der Waals surface area contributed by atoms with Gasteiger partial charge in [-0.1, -0.05) is 43.6 Å². The Morgan fingerprint density at radius 1 is 1.09 bits per heavy atom. The molecule has 9 nitrogen and oxygen atoms in total. The summed E-state index contributed by atoms with van der Waals surface area (Å²) >= 11 is 6.09. The lowest BCUT2D eigenvalue weighted by Gasteiger charge is -2.19. The Balaban J connectivity index is 1.72. The molecule has 3 aromatic rings. The van der Waals surface area contributed by atoms with E-state index in [1.807, 2.05) is 0 Å². The number of nitrogens with one attached hydrogen (secondary N) is 1. The van der Waals surface area contributed by atoms with Crippen molar-refractivity contribution in [2.24, 2.45) is 0 Å². The van der Waals surface area contributed by atoms with Crippen LogP contribution >= 0.6 is 11.6 Å². The first kappa shape index (κ1) is 24.4. The third-order valence-electron chi connectivity index (χ3n) is 4.75. The number of para-hydroxylation sites is 1. The molecule has 33 heavy (non-hydrogen) atoms. The molecule has 0 saturated carbocycles. The van der Waals surface area contributed by atoms with Gasteiger partial charge in [-0.15, -0.1) is 0 Å². The Labute approximate surface area is 195 Å². The maximum atomic E-state index is 12.7. The Kier molecular flexibility index (Phi) is 7.52. The number of benzene rings is 2. The lowest BCUT2D eigenvalue weighted by atomic mass is 10.2. The van der Waals surface area contributed by atoms with E-state index in [0.29, 0.717) is 11.0 Å². The molecule has 0 unspecified atom stereocenters. The number of halogens is 1. The lowest BCUT2D eigenvalue weighted by Crippen LogP contribution is -2.30. The summed E-state index contributed by atoms with van der Waals surface area (Å²) in [6.07, 6.45) is 0. The van der Waals surface area contributed by atoms with Gasteiger partial charge in [0.15, 0.2) is 6.61 Å². The Hall–Kier alpha value is -3.21. The Bertz CT molecular complexity index is 1360. The van der Waals surface area contributed by atoms with Gasteiger partial charge in [0.25, 0.3) is 5.91 Å². The van der Waals surface area contributed by atoms with Crippen molar-refractivity contribution in [3.63, 3.8) is 0 Å². The fourth-order valence-electron chi connectivity index (χ4n) is 3.07. The van der Waals surface area contributed by atoms with Crippen molar-refractivity contribution >= 4 is 50.2 Å². The van der Waals surface area contributed by atoms with Crippen molar-refractivity contribution in [2.45, 2.75) is 18.7 Å². The molecule has 174 valence electrons. The molecule has 0 radical (unpaired) electrons. The van der Waals surface area contributed by atoms with Gasteiger partial charge >= 0.3 is 11.6 Å². The van der Waals surface area contributed by atoms with Crippen LogP contribution in [0.4, 0.5) is 5.69 Å². The highest BCUT2D eigenvalue weighted by molar-refractivity contribution is 7.89. The SMILES string of the molecule is CCN(CC)S(=O)(=O)c1ccc(Cl)c(NC(=O)COC(=O)c2cc3ccccc3oc2=O)c1. The second-order valence-corrected chi connectivity index (χ2v) is 9.19. The quantitative estimate of drug-likeness (QED) is 0.378. The van der Waals surface area contributed by atoms with Gasteiger partial charge in [0.05, 0.1) is 15.6 Å². The third kappa shape index (κ3) is 5.41. The molecule has 0 bridgehead atoms.